The molecule has 0 saturated carbocycles. The van der Waals surface area contributed by atoms with Crippen molar-refractivity contribution in [1.29, 1.82) is 0 Å². The number of hydrogen-bond acceptors (Lipinski definition) is 4. The van der Waals surface area contributed by atoms with E-state index in [-0.39, 0.29) is 11.4 Å². The van der Waals surface area contributed by atoms with Crippen LogP contribution in [0.4, 0.5) is 25.8 Å². The topological polar surface area (TPSA) is 58.4 Å². The van der Waals surface area contributed by atoms with Gasteiger partial charge in [-0.15, -0.1) is 0 Å². The predicted octanol–water partition coefficient (Wildman–Crippen LogP) is 3.15. The number of nitro groups is 1. The van der Waals surface area contributed by atoms with E-state index >= 15 is 0 Å². The van der Waals surface area contributed by atoms with E-state index in [0.29, 0.717) is 19.0 Å². The lowest BCUT2D eigenvalue weighted by Gasteiger charge is -2.32. The van der Waals surface area contributed by atoms with Gasteiger partial charge in [0.05, 0.1) is 11.0 Å². The van der Waals surface area contributed by atoms with Crippen LogP contribution in [0.5, 0.6) is 0 Å². The Bertz CT molecular complexity index is 529. The first-order valence-corrected chi connectivity index (χ1v) is 6.54. The van der Waals surface area contributed by atoms with Crippen LogP contribution < -0.4 is 10.2 Å². The maximum Gasteiger partial charge on any atom is 0.298 e. The number of hydrogen-bond donors (Lipinski definition) is 1. The molecule has 0 unspecified atom stereocenters. The van der Waals surface area contributed by atoms with Crippen molar-refractivity contribution in [2.45, 2.75) is 19.8 Å². The van der Waals surface area contributed by atoms with Gasteiger partial charge >= 0.3 is 0 Å². The van der Waals surface area contributed by atoms with Crippen LogP contribution in [0.25, 0.3) is 0 Å². The van der Waals surface area contributed by atoms with Gasteiger partial charge in [-0.2, -0.15) is 0 Å². The summed E-state index contributed by atoms with van der Waals surface area (Å²) in [5, 5.41) is 13.3. The highest BCUT2D eigenvalue weighted by molar-refractivity contribution is 5.71. The summed E-state index contributed by atoms with van der Waals surface area (Å²) in [6.07, 6.45) is 1.70. The summed E-state index contributed by atoms with van der Waals surface area (Å²) in [6, 6.07) is 0.780. The van der Waals surface area contributed by atoms with Crippen molar-refractivity contribution < 1.29 is 13.7 Å². The van der Waals surface area contributed by atoms with Gasteiger partial charge in [-0.3, -0.25) is 10.1 Å². The van der Waals surface area contributed by atoms with Crippen LogP contribution in [0.2, 0.25) is 0 Å². The number of halogens is 2. The van der Waals surface area contributed by atoms with Gasteiger partial charge < -0.3 is 10.2 Å². The summed E-state index contributed by atoms with van der Waals surface area (Å²) in [5.41, 5.74) is -1.03. The Hall–Kier alpha value is -1.92. The molecule has 5 nitrogen and oxygen atoms in total. The number of rotatable bonds is 3. The van der Waals surface area contributed by atoms with E-state index in [1.807, 2.05) is 0 Å². The molecule has 0 amide bonds. The maximum atomic E-state index is 14.4. The molecule has 2 rings (SSSR count). The molecule has 1 aliphatic rings. The molecule has 0 bridgehead atoms. The van der Waals surface area contributed by atoms with E-state index in [0.717, 1.165) is 18.9 Å². The standard InChI is InChI=1S/C13H17F2N3O2/c1-8-3-5-17(6-4-8)13-9(14)7-10(18(19)20)12(16-2)11(13)15/h7-8,16H,3-6H2,1-2H3. The van der Waals surface area contributed by atoms with Crippen molar-refractivity contribution in [3.63, 3.8) is 0 Å². The molecule has 0 aromatic heterocycles. The van der Waals surface area contributed by atoms with Crippen LogP contribution in [0.3, 0.4) is 0 Å². The van der Waals surface area contributed by atoms with Gasteiger partial charge in [0.2, 0.25) is 0 Å². The second kappa shape index (κ2) is 5.60. The van der Waals surface area contributed by atoms with Crippen molar-refractivity contribution in [3.8, 4) is 0 Å². The molecule has 110 valence electrons. The molecule has 7 heteroatoms. The molecule has 1 fully saturated rings. The third-order valence-electron chi connectivity index (χ3n) is 3.72. The van der Waals surface area contributed by atoms with E-state index in [9.17, 15) is 18.9 Å². The highest BCUT2D eigenvalue weighted by atomic mass is 19.1. The van der Waals surface area contributed by atoms with E-state index < -0.39 is 22.2 Å². The molecule has 1 aromatic rings. The molecule has 1 heterocycles. The van der Waals surface area contributed by atoms with Crippen molar-refractivity contribution >= 4 is 17.1 Å². The van der Waals surface area contributed by atoms with Crippen LogP contribution in [0, 0.1) is 27.7 Å². The van der Waals surface area contributed by atoms with E-state index in [1.165, 1.54) is 7.05 Å². The van der Waals surface area contributed by atoms with Crippen LogP contribution in [0.1, 0.15) is 19.8 Å². The summed E-state index contributed by atoms with van der Waals surface area (Å²) in [7, 11) is 1.38. The molecular formula is C13H17F2N3O2. The number of nitro benzene ring substituents is 1. The largest absolute Gasteiger partial charge is 0.380 e. The number of benzene rings is 1. The fraction of sp³-hybridized carbons (Fsp3) is 0.538. The average Bonchev–Trinajstić information content (AvgIpc) is 2.40. The average molecular weight is 285 g/mol. The quantitative estimate of drug-likeness (QED) is 0.684. The van der Waals surface area contributed by atoms with E-state index in [4.69, 9.17) is 0 Å². The minimum Gasteiger partial charge on any atom is -0.380 e. The lowest BCUT2D eigenvalue weighted by atomic mass is 9.98. The Morgan fingerprint density at radius 3 is 2.50 bits per heavy atom. The molecule has 1 N–H and O–H groups in total. The molecule has 1 saturated heterocycles. The van der Waals surface area contributed by atoms with E-state index in [1.54, 1.807) is 4.90 Å². The SMILES string of the molecule is CNc1c([N+](=O)[O-])cc(F)c(N2CCC(C)CC2)c1F. The second-order valence-corrected chi connectivity index (χ2v) is 5.09. The van der Waals surface area contributed by atoms with Crippen molar-refractivity contribution in [1.82, 2.24) is 0 Å². The third kappa shape index (κ3) is 2.52. The molecular weight excluding hydrogens is 268 g/mol. The van der Waals surface area contributed by atoms with Crippen LogP contribution in [0.15, 0.2) is 6.07 Å². The number of anilines is 2. The molecule has 0 spiro atoms. The zero-order valence-corrected chi connectivity index (χ0v) is 11.4. The highest BCUT2D eigenvalue weighted by Crippen LogP contribution is 2.37. The Kier molecular flexibility index (Phi) is 4.06. The lowest BCUT2D eigenvalue weighted by Crippen LogP contribution is -2.34. The Balaban J connectivity index is 2.46. The van der Waals surface area contributed by atoms with Gasteiger partial charge in [0.15, 0.2) is 17.3 Å². The minimum absolute atomic E-state index is 0.174. The van der Waals surface area contributed by atoms with Gasteiger partial charge in [0.1, 0.15) is 5.69 Å². The predicted molar refractivity (Wildman–Crippen MR) is 73.2 cm³/mol. The fourth-order valence-electron chi connectivity index (χ4n) is 2.50. The number of piperidine rings is 1. The third-order valence-corrected chi connectivity index (χ3v) is 3.72. The van der Waals surface area contributed by atoms with Crippen molar-refractivity contribution in [3.05, 3.63) is 27.8 Å². The fourth-order valence-corrected chi connectivity index (χ4v) is 2.50. The Labute approximate surface area is 115 Å². The van der Waals surface area contributed by atoms with Crippen molar-refractivity contribution in [2.75, 3.05) is 30.4 Å². The summed E-state index contributed by atoms with van der Waals surface area (Å²) >= 11 is 0. The summed E-state index contributed by atoms with van der Waals surface area (Å²) in [5.74, 6) is -1.25. The summed E-state index contributed by atoms with van der Waals surface area (Å²) < 4.78 is 28.4. The molecule has 0 radical (unpaired) electrons. The first-order chi connectivity index (χ1) is 9.45. The van der Waals surface area contributed by atoms with Crippen LogP contribution >= 0.6 is 0 Å². The summed E-state index contributed by atoms with van der Waals surface area (Å²) in [6.45, 7) is 3.20. The monoisotopic (exact) mass is 285 g/mol. The summed E-state index contributed by atoms with van der Waals surface area (Å²) in [4.78, 5) is 11.7. The Morgan fingerprint density at radius 1 is 1.40 bits per heavy atom. The smallest absolute Gasteiger partial charge is 0.298 e. The highest BCUT2D eigenvalue weighted by Gasteiger charge is 2.29. The Morgan fingerprint density at radius 2 is 2.00 bits per heavy atom. The first-order valence-electron chi connectivity index (χ1n) is 6.54. The van der Waals surface area contributed by atoms with Gasteiger partial charge in [0, 0.05) is 20.1 Å². The molecule has 1 aliphatic heterocycles. The molecule has 20 heavy (non-hydrogen) atoms. The van der Waals surface area contributed by atoms with Gasteiger partial charge in [-0.1, -0.05) is 6.92 Å². The zero-order chi connectivity index (χ0) is 14.9. The maximum absolute atomic E-state index is 14.4. The second-order valence-electron chi connectivity index (χ2n) is 5.09. The van der Waals surface area contributed by atoms with Crippen LogP contribution in [-0.4, -0.2) is 25.1 Å². The lowest BCUT2D eigenvalue weighted by molar-refractivity contribution is -0.384. The number of nitrogens with one attached hydrogen (secondary N) is 1. The van der Waals surface area contributed by atoms with Gasteiger partial charge in [-0.05, 0) is 18.8 Å². The van der Waals surface area contributed by atoms with E-state index in [2.05, 4.69) is 12.2 Å². The van der Waals surface area contributed by atoms with Crippen molar-refractivity contribution in [2.24, 2.45) is 5.92 Å². The molecule has 0 aliphatic carbocycles. The molecule has 0 atom stereocenters. The van der Waals surface area contributed by atoms with Gasteiger partial charge in [0.25, 0.3) is 5.69 Å². The molecule has 1 aromatic carbocycles. The van der Waals surface area contributed by atoms with Crippen LogP contribution in [-0.2, 0) is 0 Å². The minimum atomic E-state index is -0.895. The first kappa shape index (κ1) is 14.5. The number of nitrogens with zero attached hydrogens (tertiary/aromatic N) is 2. The normalized spacial score (nSPS) is 16.3. The van der Waals surface area contributed by atoms with Gasteiger partial charge in [-0.25, -0.2) is 8.78 Å². The zero-order valence-electron chi connectivity index (χ0n) is 11.4.